The van der Waals surface area contributed by atoms with Crippen LogP contribution in [0.2, 0.25) is 0 Å². The van der Waals surface area contributed by atoms with E-state index < -0.39 is 10.0 Å². The van der Waals surface area contributed by atoms with Crippen molar-refractivity contribution in [1.29, 1.82) is 0 Å². The summed E-state index contributed by atoms with van der Waals surface area (Å²) >= 11 is 5.54. The smallest absolute Gasteiger partial charge is 0.212 e. The topological polar surface area (TPSA) is 55.4 Å². The predicted molar refractivity (Wildman–Crippen MR) is 78.3 cm³/mol. The van der Waals surface area contributed by atoms with Crippen LogP contribution in [0.4, 0.5) is 0 Å². The summed E-state index contributed by atoms with van der Waals surface area (Å²) in [4.78, 5) is 0. The van der Waals surface area contributed by atoms with Crippen LogP contribution in [0.25, 0.3) is 0 Å². The zero-order chi connectivity index (χ0) is 14.3. The van der Waals surface area contributed by atoms with Crippen LogP contribution < -0.4 is 9.46 Å². The highest BCUT2D eigenvalue weighted by atomic mass is 35.5. The SMILES string of the molecule is COc1ccccc1[C@@H](C)NS(=O)(=O)CCCCCl. The Labute approximate surface area is 120 Å². The van der Waals surface area contributed by atoms with Crippen molar-refractivity contribution in [2.24, 2.45) is 0 Å². The minimum atomic E-state index is -3.29. The molecule has 1 atom stereocenters. The standard InChI is InChI=1S/C13H20ClNO3S/c1-11(12-7-3-4-8-13(12)18-2)15-19(16,17)10-6-5-9-14/h3-4,7-8,11,15H,5-6,9-10H2,1-2H3/t11-/m1/s1. The van der Waals surface area contributed by atoms with Crippen LogP contribution in [0.5, 0.6) is 5.75 Å². The molecular formula is C13H20ClNO3S. The highest BCUT2D eigenvalue weighted by Gasteiger charge is 2.17. The molecule has 6 heteroatoms. The summed E-state index contributed by atoms with van der Waals surface area (Å²) < 4.78 is 31.7. The maximum atomic E-state index is 11.9. The molecule has 0 saturated heterocycles. The molecule has 0 aliphatic heterocycles. The summed E-state index contributed by atoms with van der Waals surface area (Å²) in [7, 11) is -1.72. The van der Waals surface area contributed by atoms with Crippen LogP contribution in [0.15, 0.2) is 24.3 Å². The van der Waals surface area contributed by atoms with Gasteiger partial charge in [0.25, 0.3) is 0 Å². The van der Waals surface area contributed by atoms with E-state index >= 15 is 0 Å². The van der Waals surface area contributed by atoms with Crippen molar-refractivity contribution in [3.63, 3.8) is 0 Å². The third kappa shape index (κ3) is 5.38. The van der Waals surface area contributed by atoms with Crippen LogP contribution in [-0.4, -0.2) is 27.2 Å². The van der Waals surface area contributed by atoms with Crippen molar-refractivity contribution >= 4 is 21.6 Å². The second-order valence-electron chi connectivity index (χ2n) is 4.30. The molecule has 0 unspecified atom stereocenters. The lowest BCUT2D eigenvalue weighted by Crippen LogP contribution is -2.29. The van der Waals surface area contributed by atoms with Gasteiger partial charge in [-0.1, -0.05) is 18.2 Å². The summed E-state index contributed by atoms with van der Waals surface area (Å²) in [5.41, 5.74) is 0.825. The average molecular weight is 306 g/mol. The van der Waals surface area contributed by atoms with E-state index in [1.165, 1.54) is 0 Å². The quantitative estimate of drug-likeness (QED) is 0.593. The third-order valence-corrected chi connectivity index (χ3v) is 4.56. The molecule has 0 aromatic heterocycles. The highest BCUT2D eigenvalue weighted by molar-refractivity contribution is 7.89. The lowest BCUT2D eigenvalue weighted by atomic mass is 10.1. The molecule has 0 aliphatic carbocycles. The van der Waals surface area contributed by atoms with Gasteiger partial charge in [0.1, 0.15) is 5.75 Å². The number of sulfonamides is 1. The van der Waals surface area contributed by atoms with Gasteiger partial charge in [-0.15, -0.1) is 11.6 Å². The van der Waals surface area contributed by atoms with E-state index in [1.807, 2.05) is 24.3 Å². The minimum Gasteiger partial charge on any atom is -0.496 e. The number of rotatable bonds is 8. The summed E-state index contributed by atoms with van der Waals surface area (Å²) in [6.45, 7) is 1.80. The van der Waals surface area contributed by atoms with Crippen molar-refractivity contribution in [2.45, 2.75) is 25.8 Å². The van der Waals surface area contributed by atoms with Gasteiger partial charge in [-0.2, -0.15) is 0 Å². The lowest BCUT2D eigenvalue weighted by molar-refractivity contribution is 0.405. The molecule has 0 radical (unpaired) electrons. The molecule has 0 saturated carbocycles. The minimum absolute atomic E-state index is 0.0964. The Kier molecular flexibility index (Phi) is 6.62. The van der Waals surface area contributed by atoms with Gasteiger partial charge in [0, 0.05) is 17.5 Å². The number of hydrogen-bond donors (Lipinski definition) is 1. The Hall–Kier alpha value is -0.780. The maximum Gasteiger partial charge on any atom is 0.212 e. The van der Waals surface area contributed by atoms with E-state index in [4.69, 9.17) is 16.3 Å². The van der Waals surface area contributed by atoms with E-state index in [9.17, 15) is 8.42 Å². The second-order valence-corrected chi connectivity index (χ2v) is 6.55. The van der Waals surface area contributed by atoms with E-state index in [0.29, 0.717) is 24.5 Å². The van der Waals surface area contributed by atoms with Crippen molar-refractivity contribution in [1.82, 2.24) is 4.72 Å². The zero-order valence-electron chi connectivity index (χ0n) is 11.2. The molecule has 0 amide bonds. The molecule has 0 spiro atoms. The zero-order valence-corrected chi connectivity index (χ0v) is 12.8. The van der Waals surface area contributed by atoms with Crippen LogP contribution in [0, 0.1) is 0 Å². The molecule has 0 fully saturated rings. The molecular weight excluding hydrogens is 286 g/mol. The van der Waals surface area contributed by atoms with Gasteiger partial charge in [-0.25, -0.2) is 13.1 Å². The number of unbranched alkanes of at least 4 members (excludes halogenated alkanes) is 1. The number of hydrogen-bond acceptors (Lipinski definition) is 3. The molecule has 4 nitrogen and oxygen atoms in total. The second kappa shape index (κ2) is 7.72. The fourth-order valence-electron chi connectivity index (χ4n) is 1.80. The van der Waals surface area contributed by atoms with Crippen molar-refractivity contribution in [3.05, 3.63) is 29.8 Å². The molecule has 1 rings (SSSR count). The van der Waals surface area contributed by atoms with Crippen LogP contribution in [0.3, 0.4) is 0 Å². The maximum absolute atomic E-state index is 11.9. The van der Waals surface area contributed by atoms with Gasteiger partial charge >= 0.3 is 0 Å². The number of methoxy groups -OCH3 is 1. The average Bonchev–Trinajstić information content (AvgIpc) is 2.38. The van der Waals surface area contributed by atoms with Crippen molar-refractivity contribution in [2.75, 3.05) is 18.7 Å². The first-order chi connectivity index (χ1) is 9.00. The Morgan fingerprint density at radius 2 is 2.00 bits per heavy atom. The summed E-state index contributed by atoms with van der Waals surface area (Å²) in [5, 5.41) is 0. The first-order valence-electron chi connectivity index (χ1n) is 6.19. The monoisotopic (exact) mass is 305 g/mol. The van der Waals surface area contributed by atoms with Crippen molar-refractivity contribution in [3.8, 4) is 5.75 Å². The third-order valence-electron chi connectivity index (χ3n) is 2.76. The molecule has 1 N–H and O–H groups in total. The van der Waals surface area contributed by atoms with E-state index in [0.717, 1.165) is 5.56 Å². The Morgan fingerprint density at radius 3 is 2.63 bits per heavy atom. The van der Waals surface area contributed by atoms with Crippen LogP contribution in [-0.2, 0) is 10.0 Å². The fraction of sp³-hybridized carbons (Fsp3) is 0.538. The lowest BCUT2D eigenvalue weighted by Gasteiger charge is -2.17. The van der Waals surface area contributed by atoms with Gasteiger partial charge in [0.2, 0.25) is 10.0 Å². The number of halogens is 1. The van der Waals surface area contributed by atoms with Gasteiger partial charge in [0.05, 0.1) is 12.9 Å². The van der Waals surface area contributed by atoms with Crippen molar-refractivity contribution < 1.29 is 13.2 Å². The summed E-state index contributed by atoms with van der Waals surface area (Å²) in [6.07, 6.45) is 1.27. The molecule has 0 aliphatic rings. The van der Waals surface area contributed by atoms with Crippen LogP contribution >= 0.6 is 11.6 Å². The molecule has 19 heavy (non-hydrogen) atoms. The van der Waals surface area contributed by atoms with E-state index in [1.54, 1.807) is 14.0 Å². The first kappa shape index (κ1) is 16.3. The van der Waals surface area contributed by atoms with Crippen LogP contribution in [0.1, 0.15) is 31.4 Å². The van der Waals surface area contributed by atoms with Gasteiger partial charge in [-0.3, -0.25) is 0 Å². The van der Waals surface area contributed by atoms with E-state index in [-0.39, 0.29) is 11.8 Å². The molecule has 0 heterocycles. The Morgan fingerprint density at radius 1 is 1.32 bits per heavy atom. The molecule has 1 aromatic rings. The normalized spacial score (nSPS) is 13.2. The Balaban J connectivity index is 2.70. The highest BCUT2D eigenvalue weighted by Crippen LogP contribution is 2.24. The Bertz CT molecular complexity index is 490. The largest absolute Gasteiger partial charge is 0.496 e. The fourth-order valence-corrected chi connectivity index (χ4v) is 3.36. The summed E-state index contributed by atoms with van der Waals surface area (Å²) in [5.74, 6) is 1.26. The van der Waals surface area contributed by atoms with Gasteiger partial charge < -0.3 is 4.74 Å². The summed E-state index contributed by atoms with van der Waals surface area (Å²) in [6, 6.07) is 7.05. The molecule has 1 aromatic carbocycles. The van der Waals surface area contributed by atoms with Gasteiger partial charge in [-0.05, 0) is 25.8 Å². The number of nitrogens with one attached hydrogen (secondary N) is 1. The predicted octanol–water partition coefficient (Wildman–Crippen LogP) is 2.69. The molecule has 0 bridgehead atoms. The number of ether oxygens (including phenoxy) is 1. The molecule has 108 valence electrons. The number of benzene rings is 1. The van der Waals surface area contributed by atoms with Gasteiger partial charge in [0.15, 0.2) is 0 Å². The first-order valence-corrected chi connectivity index (χ1v) is 8.37. The number of para-hydroxylation sites is 1. The number of alkyl halides is 1. The van der Waals surface area contributed by atoms with E-state index in [2.05, 4.69) is 4.72 Å².